The lowest BCUT2D eigenvalue weighted by Crippen LogP contribution is -2.13. The van der Waals surface area contributed by atoms with Crippen molar-refractivity contribution >= 4 is 25.1 Å². The van der Waals surface area contributed by atoms with Crippen LogP contribution >= 0.6 is 0 Å². The Hall–Kier alpha value is -1.85. The third-order valence-corrected chi connectivity index (χ3v) is 1.80. The standard InChI is InChI=1S/C8H6BN3O2/c1-4-2-12-3-5(8(13)14)11-7(12)6(9)10-4/h2-3H,1H3,(H,13,14). The Bertz CT molecular complexity index is 521. The number of carboxylic acid groups (broad SMARTS) is 1. The van der Waals surface area contributed by atoms with Gasteiger partial charge in [0.05, 0.1) is 5.69 Å². The Morgan fingerprint density at radius 3 is 2.86 bits per heavy atom. The van der Waals surface area contributed by atoms with E-state index in [9.17, 15) is 4.79 Å². The quantitative estimate of drug-likeness (QED) is 0.612. The zero-order chi connectivity index (χ0) is 10.3. The number of aryl methyl sites for hydroxylation is 1. The van der Waals surface area contributed by atoms with E-state index in [1.54, 1.807) is 17.5 Å². The molecule has 0 atom stereocenters. The van der Waals surface area contributed by atoms with E-state index in [-0.39, 0.29) is 11.3 Å². The van der Waals surface area contributed by atoms with Gasteiger partial charge in [-0.2, -0.15) is 0 Å². The van der Waals surface area contributed by atoms with Crippen molar-refractivity contribution in [1.29, 1.82) is 0 Å². The normalized spacial score (nSPS) is 10.6. The number of fused-ring (bicyclic) bond motifs is 1. The maximum absolute atomic E-state index is 10.6. The first-order chi connectivity index (χ1) is 6.58. The maximum Gasteiger partial charge on any atom is 0.356 e. The highest BCUT2D eigenvalue weighted by Crippen LogP contribution is 2.02. The van der Waals surface area contributed by atoms with E-state index in [1.807, 2.05) is 0 Å². The Kier molecular flexibility index (Phi) is 1.77. The van der Waals surface area contributed by atoms with Crippen LogP contribution in [0, 0.1) is 6.92 Å². The third kappa shape index (κ3) is 1.24. The van der Waals surface area contributed by atoms with Crippen molar-refractivity contribution in [3.8, 4) is 0 Å². The molecule has 0 aromatic carbocycles. The highest BCUT2D eigenvalue weighted by molar-refractivity contribution is 6.34. The molecule has 2 aromatic rings. The molecule has 0 saturated heterocycles. The van der Waals surface area contributed by atoms with Gasteiger partial charge in [0.25, 0.3) is 0 Å². The monoisotopic (exact) mass is 187 g/mol. The highest BCUT2D eigenvalue weighted by Gasteiger charge is 2.10. The van der Waals surface area contributed by atoms with Crippen LogP contribution in [0.3, 0.4) is 0 Å². The minimum absolute atomic E-state index is 0.0379. The largest absolute Gasteiger partial charge is 0.476 e. The van der Waals surface area contributed by atoms with Gasteiger partial charge in [0.2, 0.25) is 0 Å². The molecule has 6 heteroatoms. The Morgan fingerprint density at radius 1 is 1.50 bits per heavy atom. The predicted molar refractivity (Wildman–Crippen MR) is 50.1 cm³/mol. The van der Waals surface area contributed by atoms with E-state index in [1.165, 1.54) is 6.20 Å². The van der Waals surface area contributed by atoms with E-state index in [0.717, 1.165) is 0 Å². The van der Waals surface area contributed by atoms with Crippen molar-refractivity contribution < 1.29 is 9.90 Å². The van der Waals surface area contributed by atoms with Gasteiger partial charge in [-0.1, -0.05) is 0 Å². The number of rotatable bonds is 1. The lowest BCUT2D eigenvalue weighted by atomic mass is 10.1. The molecular weight excluding hydrogens is 181 g/mol. The van der Waals surface area contributed by atoms with Crippen molar-refractivity contribution in [1.82, 2.24) is 14.4 Å². The highest BCUT2D eigenvalue weighted by atomic mass is 16.4. The molecule has 2 radical (unpaired) electrons. The summed E-state index contributed by atoms with van der Waals surface area (Å²) in [5, 5.41) is 8.71. The van der Waals surface area contributed by atoms with Gasteiger partial charge in [-0.25, -0.2) is 9.78 Å². The Balaban J connectivity index is 2.76. The van der Waals surface area contributed by atoms with Crippen LogP contribution in [0.5, 0.6) is 0 Å². The topological polar surface area (TPSA) is 67.5 Å². The van der Waals surface area contributed by atoms with E-state index >= 15 is 0 Å². The van der Waals surface area contributed by atoms with E-state index in [0.29, 0.717) is 11.3 Å². The molecule has 0 bridgehead atoms. The van der Waals surface area contributed by atoms with Crippen LogP contribution < -0.4 is 5.59 Å². The molecule has 5 nitrogen and oxygen atoms in total. The summed E-state index contributed by atoms with van der Waals surface area (Å²) in [6.45, 7) is 1.77. The zero-order valence-electron chi connectivity index (χ0n) is 7.43. The molecule has 0 amide bonds. The molecule has 0 aliphatic heterocycles. The summed E-state index contributed by atoms with van der Waals surface area (Å²) in [4.78, 5) is 18.4. The SMILES string of the molecule is [B]c1nc(C)cn2cc(C(=O)O)nc12. The van der Waals surface area contributed by atoms with Crippen LogP contribution in [0.1, 0.15) is 16.2 Å². The fraction of sp³-hybridized carbons (Fsp3) is 0.125. The van der Waals surface area contributed by atoms with Crippen molar-refractivity contribution in [2.24, 2.45) is 0 Å². The molecule has 0 saturated carbocycles. The number of nitrogens with zero attached hydrogens (tertiary/aromatic N) is 3. The van der Waals surface area contributed by atoms with Crippen molar-refractivity contribution in [2.45, 2.75) is 6.92 Å². The fourth-order valence-corrected chi connectivity index (χ4v) is 1.25. The average Bonchev–Trinajstić information content (AvgIpc) is 2.47. The van der Waals surface area contributed by atoms with Crippen molar-refractivity contribution in [3.05, 3.63) is 23.8 Å². The van der Waals surface area contributed by atoms with Gasteiger partial charge in [-0.05, 0) is 6.92 Å². The lowest BCUT2D eigenvalue weighted by Gasteiger charge is -1.98. The smallest absolute Gasteiger partial charge is 0.356 e. The molecule has 0 spiro atoms. The molecule has 2 rings (SSSR count). The van der Waals surface area contributed by atoms with Crippen LogP contribution in [0.15, 0.2) is 12.4 Å². The summed E-state index contributed by atoms with van der Waals surface area (Å²) < 4.78 is 1.56. The fourth-order valence-electron chi connectivity index (χ4n) is 1.25. The molecule has 0 fully saturated rings. The first kappa shape index (κ1) is 8.74. The van der Waals surface area contributed by atoms with Gasteiger partial charge in [0, 0.05) is 18.0 Å². The molecule has 2 heterocycles. The number of hydrogen-bond donors (Lipinski definition) is 1. The number of imidazole rings is 1. The molecule has 0 aliphatic carbocycles. The van der Waals surface area contributed by atoms with Gasteiger partial charge in [-0.15, -0.1) is 0 Å². The van der Waals surface area contributed by atoms with E-state index in [4.69, 9.17) is 13.0 Å². The minimum Gasteiger partial charge on any atom is -0.476 e. The zero-order valence-corrected chi connectivity index (χ0v) is 7.43. The number of aromatic nitrogens is 3. The molecular formula is C8H6BN3O2. The van der Waals surface area contributed by atoms with Crippen LogP contribution in [0.2, 0.25) is 0 Å². The maximum atomic E-state index is 10.6. The Labute approximate surface area is 80.8 Å². The summed E-state index contributed by atoms with van der Waals surface area (Å²) in [5.41, 5.74) is 1.28. The van der Waals surface area contributed by atoms with Gasteiger partial charge in [0.1, 0.15) is 13.5 Å². The van der Waals surface area contributed by atoms with Crippen LogP contribution in [0.4, 0.5) is 0 Å². The first-order valence-electron chi connectivity index (χ1n) is 3.93. The number of hydrogen-bond acceptors (Lipinski definition) is 3. The summed E-state index contributed by atoms with van der Waals surface area (Å²) in [7, 11) is 5.58. The average molecular weight is 187 g/mol. The summed E-state index contributed by atoms with van der Waals surface area (Å²) in [5.74, 6) is -1.08. The van der Waals surface area contributed by atoms with Gasteiger partial charge in [-0.3, -0.25) is 4.98 Å². The van der Waals surface area contributed by atoms with Gasteiger partial charge >= 0.3 is 5.97 Å². The van der Waals surface area contributed by atoms with Crippen LogP contribution in [-0.4, -0.2) is 33.3 Å². The molecule has 2 aromatic heterocycles. The summed E-state index contributed by atoms with van der Waals surface area (Å²) in [6.07, 6.45) is 3.08. The van der Waals surface area contributed by atoms with Crippen molar-refractivity contribution in [2.75, 3.05) is 0 Å². The number of aromatic carboxylic acids is 1. The second kappa shape index (κ2) is 2.83. The van der Waals surface area contributed by atoms with Gasteiger partial charge in [0.15, 0.2) is 5.69 Å². The second-order valence-electron chi connectivity index (χ2n) is 2.93. The third-order valence-electron chi connectivity index (χ3n) is 1.80. The second-order valence-corrected chi connectivity index (χ2v) is 2.93. The van der Waals surface area contributed by atoms with Crippen LogP contribution in [0.25, 0.3) is 5.65 Å². The Morgan fingerprint density at radius 2 is 2.21 bits per heavy atom. The van der Waals surface area contributed by atoms with Gasteiger partial charge < -0.3 is 9.51 Å². The summed E-state index contributed by atoms with van der Waals surface area (Å²) in [6, 6.07) is 0. The van der Waals surface area contributed by atoms with E-state index < -0.39 is 5.97 Å². The molecule has 1 N–H and O–H groups in total. The number of carboxylic acids is 1. The van der Waals surface area contributed by atoms with Crippen molar-refractivity contribution in [3.63, 3.8) is 0 Å². The number of carbonyl (C=O) groups is 1. The van der Waals surface area contributed by atoms with E-state index in [2.05, 4.69) is 9.97 Å². The lowest BCUT2D eigenvalue weighted by molar-refractivity contribution is 0.0691. The molecule has 68 valence electrons. The van der Waals surface area contributed by atoms with Crippen LogP contribution in [-0.2, 0) is 0 Å². The molecule has 0 aliphatic rings. The predicted octanol–water partition coefficient (Wildman–Crippen LogP) is -0.470. The first-order valence-corrected chi connectivity index (χ1v) is 3.93. The molecule has 0 unspecified atom stereocenters. The minimum atomic E-state index is -1.08. The summed E-state index contributed by atoms with van der Waals surface area (Å²) >= 11 is 0. The molecule has 14 heavy (non-hydrogen) atoms.